The van der Waals surface area contributed by atoms with Crippen LogP contribution in [0.5, 0.6) is 0 Å². The highest BCUT2D eigenvalue weighted by molar-refractivity contribution is 7.11. The van der Waals surface area contributed by atoms with Gasteiger partial charge in [0, 0.05) is 34.9 Å². The molecular weight excluding hydrogens is 278 g/mol. The Labute approximate surface area is 133 Å². The number of rotatable bonds is 7. The summed E-state index contributed by atoms with van der Waals surface area (Å²) < 4.78 is 0. The van der Waals surface area contributed by atoms with Crippen LogP contribution in [-0.4, -0.2) is 48.6 Å². The normalized spacial score (nSPS) is 21.3. The van der Waals surface area contributed by atoms with Crippen LogP contribution in [0.3, 0.4) is 0 Å². The second-order valence-electron chi connectivity index (χ2n) is 6.60. The van der Waals surface area contributed by atoms with Gasteiger partial charge in [-0.3, -0.25) is 4.90 Å². The third-order valence-corrected chi connectivity index (χ3v) is 5.96. The van der Waals surface area contributed by atoms with Crippen molar-refractivity contribution < 1.29 is 0 Å². The molecule has 1 aromatic rings. The Morgan fingerprint density at radius 3 is 2.57 bits per heavy atom. The Bertz CT molecular complexity index is 433. The molecule has 1 aromatic heterocycles. The Hall–Kier alpha value is -0.420. The maximum Gasteiger partial charge on any atom is 0.0327 e. The van der Waals surface area contributed by atoms with Gasteiger partial charge in [-0.05, 0) is 64.5 Å². The third-order valence-electron chi connectivity index (χ3n) is 4.89. The molecule has 1 aliphatic carbocycles. The van der Waals surface area contributed by atoms with E-state index < -0.39 is 0 Å². The highest BCUT2D eigenvalue weighted by Gasteiger charge is 2.22. The first-order chi connectivity index (χ1) is 10.2. The van der Waals surface area contributed by atoms with Crippen LogP contribution in [0.1, 0.15) is 42.4 Å². The van der Waals surface area contributed by atoms with Crippen LogP contribution in [0.4, 0.5) is 0 Å². The van der Waals surface area contributed by atoms with Gasteiger partial charge in [-0.1, -0.05) is 6.92 Å². The lowest BCUT2D eigenvalue weighted by molar-refractivity contribution is 0.128. The van der Waals surface area contributed by atoms with Crippen molar-refractivity contribution in [1.82, 2.24) is 15.1 Å². The summed E-state index contributed by atoms with van der Waals surface area (Å²) in [5.74, 6) is 0. The van der Waals surface area contributed by atoms with Gasteiger partial charge in [0.2, 0.25) is 0 Å². The minimum absolute atomic E-state index is 0.767. The van der Waals surface area contributed by atoms with Gasteiger partial charge >= 0.3 is 0 Å². The second kappa shape index (κ2) is 7.23. The van der Waals surface area contributed by atoms with Crippen molar-refractivity contribution >= 4 is 11.3 Å². The molecule has 1 saturated heterocycles. The zero-order valence-corrected chi connectivity index (χ0v) is 14.3. The van der Waals surface area contributed by atoms with Crippen LogP contribution in [-0.2, 0) is 13.1 Å². The molecule has 1 saturated carbocycles. The summed E-state index contributed by atoms with van der Waals surface area (Å²) >= 11 is 1.99. The first kappa shape index (κ1) is 15.5. The van der Waals surface area contributed by atoms with Gasteiger partial charge in [-0.15, -0.1) is 11.3 Å². The number of hydrogen-bond acceptors (Lipinski definition) is 4. The Morgan fingerprint density at radius 2 is 1.90 bits per heavy atom. The van der Waals surface area contributed by atoms with Crippen LogP contribution < -0.4 is 5.32 Å². The molecule has 0 atom stereocenters. The quantitative estimate of drug-likeness (QED) is 0.835. The van der Waals surface area contributed by atoms with Crippen molar-refractivity contribution in [2.75, 3.05) is 26.7 Å². The number of piperidine rings is 1. The van der Waals surface area contributed by atoms with Crippen LogP contribution >= 0.6 is 11.3 Å². The molecule has 2 heterocycles. The van der Waals surface area contributed by atoms with E-state index in [1.165, 1.54) is 55.1 Å². The fourth-order valence-corrected chi connectivity index (χ4v) is 4.22. The van der Waals surface area contributed by atoms with Crippen molar-refractivity contribution in [3.63, 3.8) is 0 Å². The maximum absolute atomic E-state index is 3.61. The van der Waals surface area contributed by atoms with Gasteiger partial charge in [0.25, 0.3) is 0 Å². The molecule has 3 rings (SSSR count). The zero-order chi connectivity index (χ0) is 14.7. The van der Waals surface area contributed by atoms with Crippen molar-refractivity contribution in [3.8, 4) is 0 Å². The SMILES string of the molecule is CCN1CCC(N(C)Cc2ccc(CNC3CC3)s2)CC1. The number of nitrogens with zero attached hydrogens (tertiary/aromatic N) is 2. The Kier molecular flexibility index (Phi) is 5.33. The summed E-state index contributed by atoms with van der Waals surface area (Å²) in [6.45, 7) is 8.20. The molecule has 2 aliphatic rings. The van der Waals surface area contributed by atoms with Gasteiger partial charge in [0.15, 0.2) is 0 Å². The summed E-state index contributed by atoms with van der Waals surface area (Å²) in [6.07, 6.45) is 5.40. The van der Waals surface area contributed by atoms with Gasteiger partial charge in [0.1, 0.15) is 0 Å². The molecule has 21 heavy (non-hydrogen) atoms. The minimum atomic E-state index is 0.767. The van der Waals surface area contributed by atoms with Gasteiger partial charge in [-0.25, -0.2) is 0 Å². The molecule has 118 valence electrons. The Balaban J connectivity index is 1.44. The smallest absolute Gasteiger partial charge is 0.0327 e. The number of hydrogen-bond donors (Lipinski definition) is 1. The number of nitrogens with one attached hydrogen (secondary N) is 1. The second-order valence-corrected chi connectivity index (χ2v) is 7.86. The predicted molar refractivity (Wildman–Crippen MR) is 90.8 cm³/mol. The first-order valence-corrected chi connectivity index (χ1v) is 9.30. The fourth-order valence-electron chi connectivity index (χ4n) is 3.19. The van der Waals surface area contributed by atoms with E-state index in [0.29, 0.717) is 0 Å². The van der Waals surface area contributed by atoms with E-state index in [0.717, 1.165) is 25.2 Å². The van der Waals surface area contributed by atoms with Gasteiger partial charge in [-0.2, -0.15) is 0 Å². The van der Waals surface area contributed by atoms with E-state index in [9.17, 15) is 0 Å². The van der Waals surface area contributed by atoms with E-state index in [-0.39, 0.29) is 0 Å². The topological polar surface area (TPSA) is 18.5 Å². The predicted octanol–water partition coefficient (Wildman–Crippen LogP) is 2.92. The molecule has 1 N–H and O–H groups in total. The first-order valence-electron chi connectivity index (χ1n) is 8.48. The van der Waals surface area contributed by atoms with Crippen molar-refractivity contribution in [1.29, 1.82) is 0 Å². The van der Waals surface area contributed by atoms with Crippen molar-refractivity contribution in [3.05, 3.63) is 21.9 Å². The average Bonchev–Trinajstić information content (AvgIpc) is 3.25. The minimum Gasteiger partial charge on any atom is -0.309 e. The lowest BCUT2D eigenvalue weighted by atomic mass is 10.0. The van der Waals surface area contributed by atoms with E-state index >= 15 is 0 Å². The molecule has 0 bridgehead atoms. The van der Waals surface area contributed by atoms with E-state index in [4.69, 9.17) is 0 Å². The van der Waals surface area contributed by atoms with Gasteiger partial charge in [0.05, 0.1) is 0 Å². The zero-order valence-electron chi connectivity index (χ0n) is 13.5. The lowest BCUT2D eigenvalue weighted by Crippen LogP contribution is -2.42. The summed E-state index contributed by atoms with van der Waals surface area (Å²) in [5.41, 5.74) is 0. The van der Waals surface area contributed by atoms with Crippen LogP contribution in [0.2, 0.25) is 0 Å². The molecule has 0 unspecified atom stereocenters. The maximum atomic E-state index is 3.61. The summed E-state index contributed by atoms with van der Waals surface area (Å²) in [6, 6.07) is 6.21. The summed E-state index contributed by atoms with van der Waals surface area (Å²) in [4.78, 5) is 8.14. The molecular formula is C17H29N3S. The van der Waals surface area contributed by atoms with Crippen LogP contribution in [0.15, 0.2) is 12.1 Å². The lowest BCUT2D eigenvalue weighted by Gasteiger charge is -2.36. The molecule has 0 spiro atoms. The molecule has 0 amide bonds. The fraction of sp³-hybridized carbons (Fsp3) is 0.765. The molecule has 3 nitrogen and oxygen atoms in total. The van der Waals surface area contributed by atoms with Crippen LogP contribution in [0, 0.1) is 0 Å². The standard InChI is InChI=1S/C17H29N3S/c1-3-20-10-8-15(9-11-20)19(2)13-17-7-6-16(21-17)12-18-14-4-5-14/h6-7,14-15,18H,3-5,8-13H2,1-2H3. The van der Waals surface area contributed by atoms with Crippen molar-refractivity contribution in [2.45, 2.75) is 57.8 Å². The van der Waals surface area contributed by atoms with Crippen LogP contribution in [0.25, 0.3) is 0 Å². The average molecular weight is 308 g/mol. The highest BCUT2D eigenvalue weighted by Crippen LogP contribution is 2.24. The summed E-state index contributed by atoms with van der Waals surface area (Å²) in [5, 5.41) is 3.61. The molecule has 2 fully saturated rings. The summed E-state index contributed by atoms with van der Waals surface area (Å²) in [7, 11) is 2.30. The Morgan fingerprint density at radius 1 is 1.19 bits per heavy atom. The number of likely N-dealkylation sites (tertiary alicyclic amines) is 1. The molecule has 0 radical (unpaired) electrons. The van der Waals surface area contributed by atoms with Gasteiger partial charge < -0.3 is 10.2 Å². The largest absolute Gasteiger partial charge is 0.309 e. The van der Waals surface area contributed by atoms with E-state index in [1.807, 2.05) is 11.3 Å². The number of thiophene rings is 1. The monoisotopic (exact) mass is 307 g/mol. The van der Waals surface area contributed by atoms with E-state index in [2.05, 4.69) is 41.2 Å². The third kappa shape index (κ3) is 4.52. The molecule has 0 aromatic carbocycles. The van der Waals surface area contributed by atoms with Crippen molar-refractivity contribution in [2.24, 2.45) is 0 Å². The highest BCUT2D eigenvalue weighted by atomic mass is 32.1. The van der Waals surface area contributed by atoms with E-state index in [1.54, 1.807) is 0 Å². The molecule has 4 heteroatoms. The molecule has 1 aliphatic heterocycles.